The molecule has 0 radical (unpaired) electrons. The van der Waals surface area contributed by atoms with Gasteiger partial charge in [-0.2, -0.15) is 0 Å². The van der Waals surface area contributed by atoms with E-state index in [0.29, 0.717) is 11.5 Å². The Labute approximate surface area is 88.7 Å². The Bertz CT molecular complexity index is 456. The molecule has 0 spiro atoms. The number of fused-ring (bicyclic) bond motifs is 1. The summed E-state index contributed by atoms with van der Waals surface area (Å²) < 4.78 is 2.54. The zero-order chi connectivity index (χ0) is 10.1. The van der Waals surface area contributed by atoms with E-state index in [0.717, 1.165) is 4.47 Å². The maximum Gasteiger partial charge on any atom is 0.170 e. The Morgan fingerprint density at radius 2 is 2.36 bits per heavy atom. The van der Waals surface area contributed by atoms with Crippen molar-refractivity contribution in [3.8, 4) is 0 Å². The predicted molar refractivity (Wildman–Crippen MR) is 54.7 cm³/mol. The molecule has 0 amide bonds. The predicted octanol–water partition coefficient (Wildman–Crippen LogP) is 0.484. The van der Waals surface area contributed by atoms with Crippen LogP contribution >= 0.6 is 15.9 Å². The Morgan fingerprint density at radius 3 is 3.07 bits per heavy atom. The van der Waals surface area contributed by atoms with Crippen LogP contribution in [0, 0.1) is 0 Å². The highest BCUT2D eigenvalue weighted by Gasteiger charge is 2.10. The summed E-state index contributed by atoms with van der Waals surface area (Å²) in [5, 5.41) is 13.0. The monoisotopic (exact) mass is 256 g/mol. The van der Waals surface area contributed by atoms with Crippen LogP contribution in [-0.4, -0.2) is 26.3 Å². The summed E-state index contributed by atoms with van der Waals surface area (Å²) >= 11 is 3.33. The molecule has 0 aliphatic heterocycles. The van der Waals surface area contributed by atoms with Gasteiger partial charge in [-0.05, 0) is 28.1 Å². The van der Waals surface area contributed by atoms with Crippen molar-refractivity contribution in [3.63, 3.8) is 0 Å². The van der Waals surface area contributed by atoms with Crippen LogP contribution in [-0.2, 0) is 0 Å². The maximum absolute atomic E-state index is 8.84. The molecular weight excluding hydrogens is 248 g/mol. The van der Waals surface area contributed by atoms with Crippen molar-refractivity contribution in [1.82, 2.24) is 14.6 Å². The average molecular weight is 257 g/mol. The summed E-state index contributed by atoms with van der Waals surface area (Å²) in [5.74, 6) is 0.450. The van der Waals surface area contributed by atoms with Crippen LogP contribution in [0.25, 0.3) is 5.65 Å². The molecule has 5 nitrogen and oxygen atoms in total. The van der Waals surface area contributed by atoms with E-state index >= 15 is 0 Å². The van der Waals surface area contributed by atoms with Gasteiger partial charge in [0.15, 0.2) is 11.5 Å². The third-order valence-electron chi connectivity index (χ3n) is 1.84. The molecule has 2 rings (SSSR count). The number of hydrogen-bond acceptors (Lipinski definition) is 4. The molecule has 0 saturated carbocycles. The summed E-state index contributed by atoms with van der Waals surface area (Å²) in [6.07, 6.45) is 1.79. The van der Waals surface area contributed by atoms with Crippen LogP contribution in [0.1, 0.15) is 11.9 Å². The molecule has 2 aromatic rings. The molecule has 14 heavy (non-hydrogen) atoms. The van der Waals surface area contributed by atoms with Crippen LogP contribution in [0.4, 0.5) is 0 Å². The highest BCUT2D eigenvalue weighted by molar-refractivity contribution is 9.10. The van der Waals surface area contributed by atoms with Gasteiger partial charge in [0.05, 0.1) is 12.6 Å². The van der Waals surface area contributed by atoms with Crippen molar-refractivity contribution in [2.45, 2.75) is 6.04 Å². The van der Waals surface area contributed by atoms with Gasteiger partial charge in [-0.15, -0.1) is 5.10 Å². The largest absolute Gasteiger partial charge is 0.394 e. The van der Waals surface area contributed by atoms with Crippen molar-refractivity contribution in [2.24, 2.45) is 5.73 Å². The molecule has 2 heterocycles. The first-order valence-corrected chi connectivity index (χ1v) is 4.88. The number of aliphatic hydroxyl groups excluding tert-OH is 1. The van der Waals surface area contributed by atoms with E-state index in [1.165, 1.54) is 0 Å². The average Bonchev–Trinajstić information content (AvgIpc) is 2.59. The first-order chi connectivity index (χ1) is 6.70. The zero-order valence-corrected chi connectivity index (χ0v) is 8.85. The van der Waals surface area contributed by atoms with E-state index in [2.05, 4.69) is 26.0 Å². The number of pyridine rings is 1. The molecular formula is C8H9BrN4O. The minimum absolute atomic E-state index is 0.155. The lowest BCUT2D eigenvalue weighted by Crippen LogP contribution is -2.16. The van der Waals surface area contributed by atoms with Gasteiger partial charge in [-0.1, -0.05) is 0 Å². The van der Waals surface area contributed by atoms with Gasteiger partial charge >= 0.3 is 0 Å². The minimum atomic E-state index is -0.520. The molecule has 0 aliphatic carbocycles. The van der Waals surface area contributed by atoms with Crippen LogP contribution in [0.15, 0.2) is 22.8 Å². The highest BCUT2D eigenvalue weighted by atomic mass is 79.9. The topological polar surface area (TPSA) is 76.4 Å². The van der Waals surface area contributed by atoms with Gasteiger partial charge < -0.3 is 10.8 Å². The number of rotatable bonds is 2. The fourth-order valence-corrected chi connectivity index (χ4v) is 1.44. The molecule has 1 unspecified atom stereocenters. The lowest BCUT2D eigenvalue weighted by molar-refractivity contribution is 0.263. The molecule has 0 bridgehead atoms. The molecule has 0 aromatic carbocycles. The van der Waals surface area contributed by atoms with Gasteiger partial charge in [-0.25, -0.2) is 9.50 Å². The second-order valence-corrected chi connectivity index (χ2v) is 3.82. The van der Waals surface area contributed by atoms with Crippen molar-refractivity contribution < 1.29 is 5.11 Å². The summed E-state index contributed by atoms with van der Waals surface area (Å²) in [7, 11) is 0. The van der Waals surface area contributed by atoms with Crippen molar-refractivity contribution in [2.75, 3.05) is 6.61 Å². The SMILES string of the molecule is NC(CO)c1nc2ccc(Br)cn2n1. The van der Waals surface area contributed by atoms with Crippen molar-refractivity contribution >= 4 is 21.6 Å². The van der Waals surface area contributed by atoms with Gasteiger partial charge in [0.2, 0.25) is 0 Å². The van der Waals surface area contributed by atoms with E-state index < -0.39 is 6.04 Å². The molecule has 2 aromatic heterocycles. The van der Waals surface area contributed by atoms with E-state index in [1.54, 1.807) is 10.7 Å². The smallest absolute Gasteiger partial charge is 0.170 e. The summed E-state index contributed by atoms with van der Waals surface area (Å²) in [5.41, 5.74) is 6.31. The molecule has 0 aliphatic rings. The molecule has 1 atom stereocenters. The normalized spacial score (nSPS) is 13.4. The van der Waals surface area contributed by atoms with E-state index in [4.69, 9.17) is 10.8 Å². The van der Waals surface area contributed by atoms with Gasteiger partial charge in [0, 0.05) is 10.7 Å². The Balaban J connectivity index is 2.51. The number of nitrogens with two attached hydrogens (primary N) is 1. The molecule has 0 saturated heterocycles. The van der Waals surface area contributed by atoms with Gasteiger partial charge in [0.1, 0.15) is 0 Å². The van der Waals surface area contributed by atoms with E-state index in [1.807, 2.05) is 12.1 Å². The maximum atomic E-state index is 8.84. The molecule has 74 valence electrons. The van der Waals surface area contributed by atoms with Crippen LogP contribution in [0.5, 0.6) is 0 Å². The number of aliphatic hydroxyl groups is 1. The van der Waals surface area contributed by atoms with E-state index in [9.17, 15) is 0 Å². The van der Waals surface area contributed by atoms with Crippen LogP contribution in [0.2, 0.25) is 0 Å². The summed E-state index contributed by atoms with van der Waals surface area (Å²) in [6.45, 7) is -0.155. The molecule has 3 N–H and O–H groups in total. The number of halogens is 1. The fraction of sp³-hybridized carbons (Fsp3) is 0.250. The second-order valence-electron chi connectivity index (χ2n) is 2.91. The lowest BCUT2D eigenvalue weighted by atomic mass is 10.3. The van der Waals surface area contributed by atoms with Crippen LogP contribution < -0.4 is 5.73 Å². The Kier molecular flexibility index (Phi) is 2.49. The second kappa shape index (κ2) is 3.64. The number of aromatic nitrogens is 3. The third-order valence-corrected chi connectivity index (χ3v) is 2.31. The van der Waals surface area contributed by atoms with Crippen LogP contribution in [0.3, 0.4) is 0 Å². The Morgan fingerprint density at radius 1 is 1.57 bits per heavy atom. The quantitative estimate of drug-likeness (QED) is 0.820. The first-order valence-electron chi connectivity index (χ1n) is 4.09. The minimum Gasteiger partial charge on any atom is -0.394 e. The highest BCUT2D eigenvalue weighted by Crippen LogP contribution is 2.12. The molecule has 6 heteroatoms. The number of nitrogens with zero attached hydrogens (tertiary/aromatic N) is 3. The Hall–Kier alpha value is -0.980. The van der Waals surface area contributed by atoms with Crippen molar-refractivity contribution in [3.05, 3.63) is 28.6 Å². The number of hydrogen-bond donors (Lipinski definition) is 2. The van der Waals surface area contributed by atoms with E-state index in [-0.39, 0.29) is 6.61 Å². The standard InChI is InChI=1S/C8H9BrN4O/c9-5-1-2-7-11-8(6(10)4-14)12-13(7)3-5/h1-3,6,14H,4,10H2. The molecule has 0 fully saturated rings. The fourth-order valence-electron chi connectivity index (χ4n) is 1.11. The summed E-state index contributed by atoms with van der Waals surface area (Å²) in [4.78, 5) is 4.17. The van der Waals surface area contributed by atoms with Crippen molar-refractivity contribution in [1.29, 1.82) is 0 Å². The summed E-state index contributed by atoms with van der Waals surface area (Å²) in [6, 6.07) is 3.18. The lowest BCUT2D eigenvalue weighted by Gasteiger charge is -1.99. The van der Waals surface area contributed by atoms with Gasteiger partial charge in [-0.3, -0.25) is 0 Å². The first kappa shape index (κ1) is 9.57. The zero-order valence-electron chi connectivity index (χ0n) is 7.26. The third kappa shape index (κ3) is 1.63. The van der Waals surface area contributed by atoms with Gasteiger partial charge in [0.25, 0.3) is 0 Å².